The van der Waals surface area contributed by atoms with E-state index >= 15 is 0 Å². The molecule has 30 heavy (non-hydrogen) atoms. The summed E-state index contributed by atoms with van der Waals surface area (Å²) in [7, 11) is 0. The molecule has 0 radical (unpaired) electrons. The fourth-order valence-corrected chi connectivity index (χ4v) is 5.28. The molecule has 0 bridgehead atoms. The molecular formula is C23H21N3O2S2. The summed E-state index contributed by atoms with van der Waals surface area (Å²) in [6, 6.07) is 15.9. The van der Waals surface area contributed by atoms with Crippen LogP contribution in [0.1, 0.15) is 16.7 Å². The molecule has 0 fully saturated rings. The molecule has 0 unspecified atom stereocenters. The first-order valence-electron chi connectivity index (χ1n) is 9.51. The van der Waals surface area contributed by atoms with Crippen LogP contribution in [0.4, 0.5) is 5.69 Å². The van der Waals surface area contributed by atoms with Gasteiger partial charge in [0.15, 0.2) is 5.16 Å². The number of nitrogens with zero attached hydrogens (tertiary/aromatic N) is 1. The van der Waals surface area contributed by atoms with Crippen LogP contribution < -0.4 is 10.9 Å². The molecule has 1 amide bonds. The van der Waals surface area contributed by atoms with Crippen molar-refractivity contribution in [3.8, 4) is 10.4 Å². The Morgan fingerprint density at radius 2 is 1.77 bits per heavy atom. The molecule has 152 valence electrons. The number of hydrogen-bond donors (Lipinski definition) is 2. The van der Waals surface area contributed by atoms with E-state index < -0.39 is 0 Å². The molecule has 4 rings (SSSR count). The fraction of sp³-hybridized carbons (Fsp3) is 0.174. The molecule has 4 aromatic rings. The van der Waals surface area contributed by atoms with Crippen molar-refractivity contribution in [1.29, 1.82) is 0 Å². The van der Waals surface area contributed by atoms with Crippen molar-refractivity contribution in [2.24, 2.45) is 0 Å². The number of anilines is 1. The van der Waals surface area contributed by atoms with Gasteiger partial charge in [0, 0.05) is 10.6 Å². The normalized spacial score (nSPS) is 11.0. The van der Waals surface area contributed by atoms with Crippen molar-refractivity contribution in [3.05, 3.63) is 75.6 Å². The third-order valence-corrected chi connectivity index (χ3v) is 7.01. The zero-order valence-electron chi connectivity index (χ0n) is 16.9. The topological polar surface area (TPSA) is 74.8 Å². The summed E-state index contributed by atoms with van der Waals surface area (Å²) in [5.41, 5.74) is 4.70. The van der Waals surface area contributed by atoms with Gasteiger partial charge in [-0.05, 0) is 43.0 Å². The number of rotatable bonds is 5. The Morgan fingerprint density at radius 3 is 2.47 bits per heavy atom. The molecule has 0 saturated carbocycles. The first-order chi connectivity index (χ1) is 14.4. The minimum Gasteiger partial charge on any atom is -0.325 e. The van der Waals surface area contributed by atoms with Gasteiger partial charge < -0.3 is 10.3 Å². The van der Waals surface area contributed by atoms with Gasteiger partial charge in [-0.2, -0.15) is 0 Å². The standard InChI is InChI=1S/C23H21N3O2S2/c1-13-8-7-9-14(2)19(13)24-17(27)12-29-23-25-21(28)18-15(3)20(30-22(18)26-23)16-10-5-4-6-11-16/h4-11H,12H2,1-3H3,(H,24,27)(H,25,26,28). The minimum absolute atomic E-state index is 0.132. The van der Waals surface area contributed by atoms with E-state index in [9.17, 15) is 9.59 Å². The Hall–Kier alpha value is -2.90. The molecule has 7 heteroatoms. The van der Waals surface area contributed by atoms with Crippen LogP contribution >= 0.6 is 23.1 Å². The lowest BCUT2D eigenvalue weighted by Crippen LogP contribution is -2.16. The van der Waals surface area contributed by atoms with E-state index in [1.807, 2.05) is 69.3 Å². The zero-order valence-corrected chi connectivity index (χ0v) is 18.5. The minimum atomic E-state index is -0.173. The van der Waals surface area contributed by atoms with Gasteiger partial charge >= 0.3 is 0 Å². The quantitative estimate of drug-likeness (QED) is 0.329. The first kappa shape index (κ1) is 20.4. The van der Waals surface area contributed by atoms with Gasteiger partial charge in [0.25, 0.3) is 5.56 Å². The maximum Gasteiger partial charge on any atom is 0.260 e. The van der Waals surface area contributed by atoms with Crippen molar-refractivity contribution < 1.29 is 4.79 Å². The number of fused-ring (bicyclic) bond motifs is 1. The van der Waals surface area contributed by atoms with E-state index in [-0.39, 0.29) is 17.2 Å². The highest BCUT2D eigenvalue weighted by Gasteiger charge is 2.16. The fourth-order valence-electron chi connectivity index (χ4n) is 3.38. The highest BCUT2D eigenvalue weighted by atomic mass is 32.2. The Labute approximate surface area is 182 Å². The summed E-state index contributed by atoms with van der Waals surface area (Å²) in [5.74, 6) is 0.0328. The number of thiophene rings is 1. The number of carbonyl (C=O) groups is 1. The number of hydrogen-bond acceptors (Lipinski definition) is 5. The number of thioether (sulfide) groups is 1. The van der Waals surface area contributed by atoms with Gasteiger partial charge in [-0.3, -0.25) is 9.59 Å². The number of para-hydroxylation sites is 1. The smallest absolute Gasteiger partial charge is 0.260 e. The Balaban J connectivity index is 1.55. The van der Waals surface area contributed by atoms with Crippen LogP contribution in [0.5, 0.6) is 0 Å². The molecule has 0 aliphatic rings. The van der Waals surface area contributed by atoms with Gasteiger partial charge in [0.05, 0.1) is 11.1 Å². The molecule has 0 saturated heterocycles. The number of H-pyrrole nitrogens is 1. The van der Waals surface area contributed by atoms with E-state index in [0.29, 0.717) is 15.4 Å². The van der Waals surface area contributed by atoms with Crippen LogP contribution in [0, 0.1) is 20.8 Å². The van der Waals surface area contributed by atoms with Gasteiger partial charge in [0.2, 0.25) is 5.91 Å². The molecule has 0 atom stereocenters. The molecule has 5 nitrogen and oxygen atoms in total. The molecule has 2 heterocycles. The number of benzene rings is 2. The van der Waals surface area contributed by atoms with Gasteiger partial charge in [0.1, 0.15) is 4.83 Å². The summed E-state index contributed by atoms with van der Waals surface area (Å²) in [6.07, 6.45) is 0. The van der Waals surface area contributed by atoms with Crippen molar-refractivity contribution >= 4 is 44.9 Å². The SMILES string of the molecule is Cc1cccc(C)c1NC(=O)CSc1nc2sc(-c3ccccc3)c(C)c2c(=O)[nH]1. The van der Waals surface area contributed by atoms with E-state index in [2.05, 4.69) is 15.3 Å². The van der Waals surface area contributed by atoms with Crippen LogP contribution in [0.3, 0.4) is 0 Å². The monoisotopic (exact) mass is 435 g/mol. The van der Waals surface area contributed by atoms with Gasteiger partial charge in [-0.25, -0.2) is 4.98 Å². The number of aromatic amines is 1. The molecule has 0 spiro atoms. The molecule has 0 aliphatic heterocycles. The van der Waals surface area contributed by atoms with Crippen LogP contribution in [0.2, 0.25) is 0 Å². The average molecular weight is 436 g/mol. The molecule has 2 N–H and O–H groups in total. The van der Waals surface area contributed by atoms with Crippen molar-refractivity contribution in [2.75, 3.05) is 11.1 Å². The summed E-state index contributed by atoms with van der Waals surface area (Å²) in [5, 5.41) is 4.02. The Kier molecular flexibility index (Phi) is 5.74. The summed E-state index contributed by atoms with van der Waals surface area (Å²) in [4.78, 5) is 34.3. The van der Waals surface area contributed by atoms with Gasteiger partial charge in [-0.1, -0.05) is 60.3 Å². The lowest BCUT2D eigenvalue weighted by Gasteiger charge is -2.11. The van der Waals surface area contributed by atoms with Crippen LogP contribution in [0.25, 0.3) is 20.7 Å². The van der Waals surface area contributed by atoms with Crippen LogP contribution in [-0.2, 0) is 4.79 Å². The average Bonchev–Trinajstić information content (AvgIpc) is 3.07. The Morgan fingerprint density at radius 1 is 1.07 bits per heavy atom. The maximum atomic E-state index is 12.7. The molecule has 2 aromatic carbocycles. The number of carbonyl (C=O) groups excluding carboxylic acids is 1. The maximum absolute atomic E-state index is 12.7. The number of nitrogens with one attached hydrogen (secondary N) is 2. The number of aromatic nitrogens is 2. The molecular weight excluding hydrogens is 414 g/mol. The highest BCUT2D eigenvalue weighted by Crippen LogP contribution is 2.36. The molecule has 2 aromatic heterocycles. The number of amides is 1. The third kappa shape index (κ3) is 4.04. The molecule has 0 aliphatic carbocycles. The van der Waals surface area contributed by atoms with E-state index in [0.717, 1.165) is 32.8 Å². The second-order valence-electron chi connectivity index (χ2n) is 7.08. The van der Waals surface area contributed by atoms with Gasteiger partial charge in [-0.15, -0.1) is 11.3 Å². The Bertz CT molecular complexity index is 1270. The number of aryl methyl sites for hydroxylation is 3. The second-order valence-corrected chi connectivity index (χ2v) is 9.04. The van der Waals surface area contributed by atoms with Crippen molar-refractivity contribution in [1.82, 2.24) is 9.97 Å². The highest BCUT2D eigenvalue weighted by molar-refractivity contribution is 7.99. The zero-order chi connectivity index (χ0) is 21.3. The van der Waals surface area contributed by atoms with E-state index in [1.165, 1.54) is 23.1 Å². The lowest BCUT2D eigenvalue weighted by molar-refractivity contribution is -0.113. The summed E-state index contributed by atoms with van der Waals surface area (Å²) < 4.78 is 0. The first-order valence-corrected chi connectivity index (χ1v) is 11.3. The van der Waals surface area contributed by atoms with Crippen LogP contribution in [0.15, 0.2) is 58.5 Å². The van der Waals surface area contributed by atoms with Crippen molar-refractivity contribution in [2.45, 2.75) is 25.9 Å². The predicted molar refractivity (Wildman–Crippen MR) is 126 cm³/mol. The lowest BCUT2D eigenvalue weighted by atomic mass is 10.1. The van der Waals surface area contributed by atoms with E-state index in [4.69, 9.17) is 0 Å². The summed E-state index contributed by atoms with van der Waals surface area (Å²) >= 11 is 2.73. The second kappa shape index (κ2) is 8.45. The van der Waals surface area contributed by atoms with E-state index in [1.54, 1.807) is 0 Å². The largest absolute Gasteiger partial charge is 0.325 e. The predicted octanol–water partition coefficient (Wildman–Crippen LogP) is 5.31. The van der Waals surface area contributed by atoms with Crippen molar-refractivity contribution in [3.63, 3.8) is 0 Å². The third-order valence-electron chi connectivity index (χ3n) is 4.90. The van der Waals surface area contributed by atoms with Crippen LogP contribution in [-0.4, -0.2) is 21.6 Å². The summed E-state index contributed by atoms with van der Waals surface area (Å²) in [6.45, 7) is 5.88.